The highest BCUT2D eigenvalue weighted by molar-refractivity contribution is 6.33. The van der Waals surface area contributed by atoms with Gasteiger partial charge in [0.15, 0.2) is 11.6 Å². The van der Waals surface area contributed by atoms with Gasteiger partial charge in [0.2, 0.25) is 0 Å². The minimum Gasteiger partial charge on any atom is -0.481 e. The number of benzene rings is 1. The molecule has 1 amide bonds. The Morgan fingerprint density at radius 2 is 1.89 bits per heavy atom. The lowest BCUT2D eigenvalue weighted by molar-refractivity contribution is -0.137. The molecule has 0 radical (unpaired) electrons. The van der Waals surface area contributed by atoms with Crippen LogP contribution < -0.4 is 0 Å². The van der Waals surface area contributed by atoms with Crippen molar-refractivity contribution in [1.29, 1.82) is 0 Å². The minimum absolute atomic E-state index is 0.0278. The highest BCUT2D eigenvalue weighted by Gasteiger charge is 2.20. The summed E-state index contributed by atoms with van der Waals surface area (Å²) in [4.78, 5) is 23.7. The Kier molecular flexibility index (Phi) is 5.23. The van der Waals surface area contributed by atoms with E-state index in [1.165, 1.54) is 4.90 Å². The standard InChI is InChI=1S/C12H12ClF2NO3/c1-2-16(4-3-11(17)18)12(19)7-5-9(14)10(15)6-8(7)13/h5-6H,2-4H2,1H3,(H,17,18). The predicted octanol–water partition coefficient (Wildman–Crippen LogP) is 2.56. The van der Waals surface area contributed by atoms with Gasteiger partial charge in [0, 0.05) is 13.1 Å². The molecule has 0 aliphatic carbocycles. The summed E-state index contributed by atoms with van der Waals surface area (Å²) in [6.45, 7) is 1.86. The molecule has 0 unspecified atom stereocenters. The van der Waals surface area contributed by atoms with Gasteiger partial charge in [-0.3, -0.25) is 9.59 Å². The van der Waals surface area contributed by atoms with Crippen LogP contribution in [0.3, 0.4) is 0 Å². The molecule has 0 atom stereocenters. The van der Waals surface area contributed by atoms with E-state index in [1.54, 1.807) is 6.92 Å². The van der Waals surface area contributed by atoms with Gasteiger partial charge in [0.25, 0.3) is 5.91 Å². The fourth-order valence-electron chi connectivity index (χ4n) is 1.49. The molecule has 0 bridgehead atoms. The van der Waals surface area contributed by atoms with Crippen LogP contribution in [0.4, 0.5) is 8.78 Å². The predicted molar refractivity (Wildman–Crippen MR) is 65.2 cm³/mol. The summed E-state index contributed by atoms with van der Waals surface area (Å²) in [6, 6.07) is 1.43. The van der Waals surface area contributed by atoms with E-state index >= 15 is 0 Å². The SMILES string of the molecule is CCN(CCC(=O)O)C(=O)c1cc(F)c(F)cc1Cl. The van der Waals surface area contributed by atoms with Crippen molar-refractivity contribution in [2.75, 3.05) is 13.1 Å². The third-order valence-electron chi connectivity index (χ3n) is 2.50. The molecule has 0 saturated carbocycles. The quantitative estimate of drug-likeness (QED) is 0.848. The van der Waals surface area contributed by atoms with Crippen molar-refractivity contribution in [1.82, 2.24) is 4.90 Å². The average Bonchev–Trinajstić information content (AvgIpc) is 2.34. The molecule has 1 N–H and O–H groups in total. The zero-order chi connectivity index (χ0) is 14.6. The molecule has 0 saturated heterocycles. The lowest BCUT2D eigenvalue weighted by Crippen LogP contribution is -2.33. The van der Waals surface area contributed by atoms with Gasteiger partial charge in [-0.2, -0.15) is 0 Å². The maximum atomic E-state index is 13.1. The van der Waals surface area contributed by atoms with E-state index in [-0.39, 0.29) is 30.1 Å². The number of hydrogen-bond donors (Lipinski definition) is 1. The number of amides is 1. The Morgan fingerprint density at radius 1 is 1.32 bits per heavy atom. The second-order valence-corrected chi connectivity index (χ2v) is 4.18. The Bertz CT molecular complexity index is 508. The van der Waals surface area contributed by atoms with Crippen molar-refractivity contribution >= 4 is 23.5 Å². The summed E-state index contributed by atoms with van der Waals surface area (Å²) < 4.78 is 26.0. The number of hydrogen-bond acceptors (Lipinski definition) is 2. The molecule has 1 aromatic carbocycles. The van der Waals surface area contributed by atoms with Crippen LogP contribution in [0, 0.1) is 11.6 Å². The Balaban J connectivity index is 2.97. The van der Waals surface area contributed by atoms with Crippen molar-refractivity contribution < 1.29 is 23.5 Å². The molecule has 104 valence electrons. The molecular formula is C12H12ClF2NO3. The molecule has 0 aliphatic rings. The van der Waals surface area contributed by atoms with Crippen LogP contribution in [0.1, 0.15) is 23.7 Å². The third kappa shape index (κ3) is 3.89. The Morgan fingerprint density at radius 3 is 2.42 bits per heavy atom. The summed E-state index contributed by atoms with van der Waals surface area (Å²) in [5.41, 5.74) is -0.187. The van der Waals surface area contributed by atoms with Crippen molar-refractivity contribution in [2.24, 2.45) is 0 Å². The van der Waals surface area contributed by atoms with Crippen molar-refractivity contribution in [3.8, 4) is 0 Å². The monoisotopic (exact) mass is 291 g/mol. The molecule has 0 aromatic heterocycles. The second-order valence-electron chi connectivity index (χ2n) is 3.77. The number of rotatable bonds is 5. The summed E-state index contributed by atoms with van der Waals surface area (Å²) in [5.74, 6) is -4.01. The number of nitrogens with zero attached hydrogens (tertiary/aromatic N) is 1. The summed E-state index contributed by atoms with van der Waals surface area (Å²) in [5, 5.41) is 8.36. The van der Waals surface area contributed by atoms with Crippen LogP contribution in [-0.2, 0) is 4.79 Å². The van der Waals surface area contributed by atoms with Gasteiger partial charge in [-0.15, -0.1) is 0 Å². The first kappa shape index (κ1) is 15.4. The lowest BCUT2D eigenvalue weighted by atomic mass is 10.1. The first-order valence-corrected chi connectivity index (χ1v) is 5.90. The van der Waals surface area contributed by atoms with E-state index < -0.39 is 23.5 Å². The molecule has 0 fully saturated rings. The van der Waals surface area contributed by atoms with E-state index in [9.17, 15) is 18.4 Å². The molecule has 19 heavy (non-hydrogen) atoms. The summed E-state index contributed by atoms with van der Waals surface area (Å²) in [7, 11) is 0. The van der Waals surface area contributed by atoms with Gasteiger partial charge in [0.1, 0.15) is 0 Å². The fourth-order valence-corrected chi connectivity index (χ4v) is 1.72. The molecule has 0 heterocycles. The Hall–Kier alpha value is -1.69. The molecule has 0 spiro atoms. The van der Waals surface area contributed by atoms with Crippen molar-refractivity contribution in [3.63, 3.8) is 0 Å². The van der Waals surface area contributed by atoms with Gasteiger partial charge < -0.3 is 10.0 Å². The van der Waals surface area contributed by atoms with E-state index in [4.69, 9.17) is 16.7 Å². The van der Waals surface area contributed by atoms with Gasteiger partial charge in [-0.25, -0.2) is 8.78 Å². The average molecular weight is 292 g/mol. The number of aliphatic carboxylic acids is 1. The van der Waals surface area contributed by atoms with E-state index in [2.05, 4.69) is 0 Å². The van der Waals surface area contributed by atoms with E-state index in [0.29, 0.717) is 6.07 Å². The highest BCUT2D eigenvalue weighted by atomic mass is 35.5. The fraction of sp³-hybridized carbons (Fsp3) is 0.333. The zero-order valence-electron chi connectivity index (χ0n) is 10.1. The Labute approximate surface area is 113 Å². The molecular weight excluding hydrogens is 280 g/mol. The first-order valence-electron chi connectivity index (χ1n) is 5.52. The number of carbonyl (C=O) groups is 2. The molecule has 7 heteroatoms. The molecule has 1 rings (SSSR count). The summed E-state index contributed by atoms with van der Waals surface area (Å²) >= 11 is 5.69. The van der Waals surface area contributed by atoms with E-state index in [0.717, 1.165) is 6.07 Å². The van der Waals surface area contributed by atoms with Crippen LogP contribution in [0.15, 0.2) is 12.1 Å². The number of carbonyl (C=O) groups excluding carboxylic acids is 1. The largest absolute Gasteiger partial charge is 0.481 e. The number of carboxylic acids is 1. The van der Waals surface area contributed by atoms with E-state index in [1.807, 2.05) is 0 Å². The van der Waals surface area contributed by atoms with Gasteiger partial charge in [0.05, 0.1) is 17.0 Å². The number of carboxylic acid groups (broad SMARTS) is 1. The highest BCUT2D eigenvalue weighted by Crippen LogP contribution is 2.21. The normalized spacial score (nSPS) is 10.3. The minimum atomic E-state index is -1.18. The number of halogens is 3. The third-order valence-corrected chi connectivity index (χ3v) is 2.82. The van der Waals surface area contributed by atoms with Crippen LogP contribution >= 0.6 is 11.6 Å². The smallest absolute Gasteiger partial charge is 0.305 e. The second kappa shape index (κ2) is 6.47. The van der Waals surface area contributed by atoms with Crippen LogP contribution in [0.25, 0.3) is 0 Å². The zero-order valence-corrected chi connectivity index (χ0v) is 10.9. The van der Waals surface area contributed by atoms with Crippen LogP contribution in [0.2, 0.25) is 5.02 Å². The summed E-state index contributed by atoms with van der Waals surface area (Å²) in [6.07, 6.45) is -0.235. The van der Waals surface area contributed by atoms with Gasteiger partial charge >= 0.3 is 5.97 Å². The van der Waals surface area contributed by atoms with Crippen LogP contribution in [0.5, 0.6) is 0 Å². The van der Waals surface area contributed by atoms with Crippen LogP contribution in [-0.4, -0.2) is 35.0 Å². The van der Waals surface area contributed by atoms with Gasteiger partial charge in [-0.05, 0) is 19.1 Å². The first-order chi connectivity index (χ1) is 8.86. The molecule has 4 nitrogen and oxygen atoms in total. The lowest BCUT2D eigenvalue weighted by Gasteiger charge is -2.20. The van der Waals surface area contributed by atoms with Crippen molar-refractivity contribution in [3.05, 3.63) is 34.4 Å². The maximum Gasteiger partial charge on any atom is 0.305 e. The van der Waals surface area contributed by atoms with Crippen molar-refractivity contribution in [2.45, 2.75) is 13.3 Å². The topological polar surface area (TPSA) is 57.6 Å². The molecule has 1 aromatic rings. The van der Waals surface area contributed by atoms with Gasteiger partial charge in [-0.1, -0.05) is 11.6 Å². The maximum absolute atomic E-state index is 13.1. The molecule has 0 aliphatic heterocycles.